The Kier molecular flexibility index (Phi) is 12.7. The first-order chi connectivity index (χ1) is 17.0. The van der Waals surface area contributed by atoms with Gasteiger partial charge in [-0.15, -0.1) is 0 Å². The first kappa shape index (κ1) is 31.6. The van der Waals surface area contributed by atoms with Crippen LogP contribution in [0.4, 0.5) is 0 Å². The van der Waals surface area contributed by atoms with Gasteiger partial charge in [-0.2, -0.15) is 0 Å². The highest BCUT2D eigenvalue weighted by Crippen LogP contribution is 2.24. The van der Waals surface area contributed by atoms with Gasteiger partial charge in [0.1, 0.15) is 73.2 Å². The molecule has 36 heavy (non-hydrogen) atoms. The van der Waals surface area contributed by atoms with E-state index in [4.69, 9.17) is 28.4 Å². The lowest BCUT2D eigenvalue weighted by Gasteiger charge is -2.40. The Morgan fingerprint density at radius 2 is 0.917 bits per heavy atom. The Balaban J connectivity index is 1.95. The maximum atomic E-state index is 10.6. The van der Waals surface area contributed by atoms with Crippen LogP contribution in [0.1, 0.15) is 0 Å². The van der Waals surface area contributed by atoms with Gasteiger partial charge in [-0.25, -0.2) is 0 Å². The largest absolute Gasteiger partial charge is 0.394 e. The monoisotopic (exact) mass is 534 g/mol. The van der Waals surface area contributed by atoms with Crippen LogP contribution in [0.3, 0.4) is 0 Å². The van der Waals surface area contributed by atoms with Gasteiger partial charge in [0.05, 0.1) is 26.4 Å². The molecule has 2 aliphatic heterocycles. The van der Waals surface area contributed by atoms with Gasteiger partial charge in [0.2, 0.25) is 0 Å². The SMILES string of the molecule is CO[C@@H]([C@H](OC)[C@H](O)CO[C@@H]1O[C@H](CO)[C@@H](O)[C@H](O)[C@H]1O)[C@H](O)COC1O[C@H](CO)[C@@H](O)[C@H](O)[C@H]1O. The van der Waals surface area contributed by atoms with Crippen molar-refractivity contribution in [3.8, 4) is 0 Å². The van der Waals surface area contributed by atoms with Gasteiger partial charge in [-0.1, -0.05) is 0 Å². The van der Waals surface area contributed by atoms with Gasteiger partial charge in [-0.05, 0) is 0 Å². The number of hydrogen-bond acceptors (Lipinski definition) is 16. The molecular weight excluding hydrogens is 496 g/mol. The maximum absolute atomic E-state index is 10.6. The van der Waals surface area contributed by atoms with Crippen LogP contribution in [-0.2, 0) is 28.4 Å². The number of hydrogen-bond donors (Lipinski definition) is 10. The van der Waals surface area contributed by atoms with E-state index in [1.54, 1.807) is 0 Å². The summed E-state index contributed by atoms with van der Waals surface area (Å²) in [6.07, 6.45) is -20.8. The van der Waals surface area contributed by atoms with Crippen molar-refractivity contribution in [1.82, 2.24) is 0 Å². The summed E-state index contributed by atoms with van der Waals surface area (Å²) in [6.45, 7) is -2.44. The lowest BCUT2D eigenvalue weighted by molar-refractivity contribution is -0.310. The highest BCUT2D eigenvalue weighted by molar-refractivity contribution is 4.91. The van der Waals surface area contributed by atoms with Crippen molar-refractivity contribution in [2.45, 2.75) is 85.8 Å². The van der Waals surface area contributed by atoms with Crippen LogP contribution in [0.2, 0.25) is 0 Å². The predicted molar refractivity (Wildman–Crippen MR) is 113 cm³/mol. The van der Waals surface area contributed by atoms with E-state index in [2.05, 4.69) is 0 Å². The fourth-order valence-electron chi connectivity index (χ4n) is 4.01. The second kappa shape index (κ2) is 14.5. The van der Waals surface area contributed by atoms with Crippen LogP contribution < -0.4 is 0 Å². The number of aliphatic hydroxyl groups is 10. The molecule has 0 aromatic rings. The van der Waals surface area contributed by atoms with Crippen LogP contribution in [0, 0.1) is 0 Å². The Bertz CT molecular complexity index is 573. The Hall–Kier alpha value is -0.640. The van der Waals surface area contributed by atoms with Crippen molar-refractivity contribution < 1.29 is 79.5 Å². The Labute approximate surface area is 206 Å². The third-order valence-electron chi connectivity index (χ3n) is 6.19. The average molecular weight is 535 g/mol. The lowest BCUT2D eigenvalue weighted by Crippen LogP contribution is -2.60. The number of aliphatic hydroxyl groups excluding tert-OH is 10. The molecule has 10 N–H and O–H groups in total. The molecule has 214 valence electrons. The molecule has 1 unspecified atom stereocenters. The summed E-state index contributed by atoms with van der Waals surface area (Å²) in [6, 6.07) is 0. The summed E-state index contributed by atoms with van der Waals surface area (Å²) in [5.41, 5.74) is 0. The minimum absolute atomic E-state index is 0.554. The molecule has 0 spiro atoms. The van der Waals surface area contributed by atoms with Crippen LogP contribution in [0.15, 0.2) is 0 Å². The second-order valence-electron chi connectivity index (χ2n) is 8.60. The molecule has 0 saturated carbocycles. The van der Waals surface area contributed by atoms with Gasteiger partial charge >= 0.3 is 0 Å². The summed E-state index contributed by atoms with van der Waals surface area (Å²) in [7, 11) is 2.41. The zero-order valence-electron chi connectivity index (χ0n) is 19.8. The van der Waals surface area contributed by atoms with Gasteiger partial charge in [0, 0.05) is 14.2 Å². The minimum Gasteiger partial charge on any atom is -0.394 e. The van der Waals surface area contributed by atoms with Gasteiger partial charge in [0.25, 0.3) is 0 Å². The summed E-state index contributed by atoms with van der Waals surface area (Å²) < 4.78 is 31.4. The quantitative estimate of drug-likeness (QED) is 0.105. The highest BCUT2D eigenvalue weighted by atomic mass is 16.7. The van der Waals surface area contributed by atoms with Crippen LogP contribution in [0.25, 0.3) is 0 Å². The molecule has 0 radical (unpaired) electrons. The average Bonchev–Trinajstić information content (AvgIpc) is 2.87. The standard InChI is InChI=1S/C20H38O16/c1-31-17(7(23)5-33-19-15(29)13(27)11(25)9(3-21)35-19)18(32-2)8(24)6-34-20-16(30)14(28)12(26)10(4-22)36-20/h7-30H,3-6H2,1-2H3/t7-,8-,9-,10-,11-,12-,13+,14+,15-,16-,17-,18-,19-,20?/m1/s1. The summed E-state index contributed by atoms with van der Waals surface area (Å²) in [5.74, 6) is 0. The van der Waals surface area contributed by atoms with Crippen LogP contribution in [-0.4, -0.2) is 178 Å². The number of ether oxygens (including phenoxy) is 6. The maximum Gasteiger partial charge on any atom is 0.186 e. The number of rotatable bonds is 13. The topological polar surface area (TPSA) is 258 Å². The molecule has 0 aromatic heterocycles. The summed E-state index contributed by atoms with van der Waals surface area (Å²) in [4.78, 5) is 0. The van der Waals surface area contributed by atoms with Crippen molar-refractivity contribution in [2.24, 2.45) is 0 Å². The zero-order chi connectivity index (χ0) is 27.2. The first-order valence-electron chi connectivity index (χ1n) is 11.3. The summed E-state index contributed by atoms with van der Waals surface area (Å²) >= 11 is 0. The summed E-state index contributed by atoms with van der Waals surface area (Å²) in [5, 5.41) is 99.1. The molecule has 0 bridgehead atoms. The molecule has 0 amide bonds. The van der Waals surface area contributed by atoms with Crippen molar-refractivity contribution in [2.75, 3.05) is 40.6 Å². The molecule has 0 aliphatic carbocycles. The molecule has 2 rings (SSSR count). The van der Waals surface area contributed by atoms with Gasteiger partial charge in [0.15, 0.2) is 12.6 Å². The van der Waals surface area contributed by atoms with Crippen LogP contribution in [0.5, 0.6) is 0 Å². The smallest absolute Gasteiger partial charge is 0.186 e. The predicted octanol–water partition coefficient (Wildman–Crippen LogP) is -6.63. The molecule has 2 aliphatic rings. The Morgan fingerprint density at radius 1 is 0.583 bits per heavy atom. The van der Waals surface area contributed by atoms with E-state index in [-0.39, 0.29) is 0 Å². The first-order valence-corrected chi connectivity index (χ1v) is 11.3. The van der Waals surface area contributed by atoms with E-state index in [9.17, 15) is 51.1 Å². The van der Waals surface area contributed by atoms with Gasteiger partial charge < -0.3 is 79.5 Å². The Morgan fingerprint density at radius 3 is 1.19 bits per heavy atom. The lowest BCUT2D eigenvalue weighted by atomic mass is 9.99. The third-order valence-corrected chi connectivity index (χ3v) is 6.19. The van der Waals surface area contributed by atoms with E-state index in [0.717, 1.165) is 0 Å². The van der Waals surface area contributed by atoms with Crippen molar-refractivity contribution in [3.05, 3.63) is 0 Å². The van der Waals surface area contributed by atoms with Crippen molar-refractivity contribution >= 4 is 0 Å². The van der Waals surface area contributed by atoms with Crippen LogP contribution >= 0.6 is 0 Å². The molecule has 16 nitrogen and oxygen atoms in total. The molecule has 2 fully saturated rings. The van der Waals surface area contributed by atoms with E-state index in [1.807, 2.05) is 0 Å². The minimum atomic E-state index is -1.69. The van der Waals surface area contributed by atoms with Gasteiger partial charge in [-0.3, -0.25) is 0 Å². The molecule has 0 aromatic carbocycles. The molecule has 14 atom stereocenters. The third kappa shape index (κ3) is 7.26. The molecule has 2 saturated heterocycles. The van der Waals surface area contributed by atoms with E-state index >= 15 is 0 Å². The fraction of sp³-hybridized carbons (Fsp3) is 1.00. The van der Waals surface area contributed by atoms with E-state index in [0.29, 0.717) is 0 Å². The van der Waals surface area contributed by atoms with E-state index in [1.165, 1.54) is 14.2 Å². The molecule has 2 heterocycles. The van der Waals surface area contributed by atoms with E-state index < -0.39 is 112 Å². The van der Waals surface area contributed by atoms with Crippen molar-refractivity contribution in [3.63, 3.8) is 0 Å². The number of methoxy groups -OCH3 is 2. The molecular formula is C20H38O16. The molecule has 16 heteroatoms. The zero-order valence-corrected chi connectivity index (χ0v) is 19.8. The normalized spacial score (nSPS) is 41.0. The highest BCUT2D eigenvalue weighted by Gasteiger charge is 2.46. The fourth-order valence-corrected chi connectivity index (χ4v) is 4.01. The van der Waals surface area contributed by atoms with Crippen molar-refractivity contribution in [1.29, 1.82) is 0 Å². The second-order valence-corrected chi connectivity index (χ2v) is 8.60.